The Balaban J connectivity index is 1.62. The standard InChI is InChI=1S/C19H9Cl3F6N4O3/c20-9-3-13(34-6-14(33)19(26,27)28)10(21)2-8(9)15-30-17(35-31-15)12-5-32-4-7(18(23,24)25)1-11(22)16(32)29-12/h1-5,14,33H,6H2. The van der Waals surface area contributed by atoms with Crippen LogP contribution in [0.4, 0.5) is 26.3 Å². The van der Waals surface area contributed by atoms with Crippen molar-refractivity contribution in [3.8, 4) is 28.7 Å². The summed E-state index contributed by atoms with van der Waals surface area (Å²) in [4.78, 5) is 8.19. The van der Waals surface area contributed by atoms with Crippen molar-refractivity contribution in [3.05, 3.63) is 51.2 Å². The number of benzene rings is 1. The number of rotatable bonds is 5. The summed E-state index contributed by atoms with van der Waals surface area (Å²) in [5, 5.41) is 12.3. The second-order valence-electron chi connectivity index (χ2n) is 6.99. The summed E-state index contributed by atoms with van der Waals surface area (Å²) < 4.78 is 87.5. The fraction of sp³-hybridized carbons (Fsp3) is 0.211. The molecule has 0 saturated heterocycles. The molecule has 3 heterocycles. The van der Waals surface area contributed by atoms with E-state index in [1.54, 1.807) is 0 Å². The molecule has 0 amide bonds. The third-order valence-electron chi connectivity index (χ3n) is 4.52. The van der Waals surface area contributed by atoms with Crippen molar-refractivity contribution in [2.45, 2.75) is 18.5 Å². The third-order valence-corrected chi connectivity index (χ3v) is 5.40. The average molecular weight is 562 g/mol. The van der Waals surface area contributed by atoms with Gasteiger partial charge in [-0.15, -0.1) is 0 Å². The molecule has 0 saturated carbocycles. The van der Waals surface area contributed by atoms with Crippen LogP contribution < -0.4 is 4.74 Å². The van der Waals surface area contributed by atoms with Crippen LogP contribution in [0.15, 0.2) is 35.1 Å². The van der Waals surface area contributed by atoms with Gasteiger partial charge in [0, 0.05) is 24.0 Å². The number of pyridine rings is 1. The van der Waals surface area contributed by atoms with E-state index < -0.39 is 30.6 Å². The van der Waals surface area contributed by atoms with Crippen LogP contribution in [0.3, 0.4) is 0 Å². The van der Waals surface area contributed by atoms with Gasteiger partial charge in [-0.3, -0.25) is 0 Å². The van der Waals surface area contributed by atoms with Gasteiger partial charge in [0.25, 0.3) is 5.89 Å². The first-order valence-electron chi connectivity index (χ1n) is 9.20. The van der Waals surface area contributed by atoms with Crippen molar-refractivity contribution in [2.24, 2.45) is 0 Å². The molecule has 35 heavy (non-hydrogen) atoms. The third kappa shape index (κ3) is 5.27. The summed E-state index contributed by atoms with van der Waals surface area (Å²) in [5.41, 5.74) is -0.862. The molecule has 4 rings (SSSR count). The minimum atomic E-state index is -4.88. The van der Waals surface area contributed by atoms with Crippen LogP contribution in [0.1, 0.15) is 5.56 Å². The van der Waals surface area contributed by atoms with Gasteiger partial charge >= 0.3 is 12.4 Å². The smallest absolute Gasteiger partial charge is 0.417 e. The number of alkyl halides is 6. The lowest BCUT2D eigenvalue weighted by Crippen LogP contribution is -2.34. The molecule has 1 unspecified atom stereocenters. The summed E-state index contributed by atoms with van der Waals surface area (Å²) in [5.74, 6) is -0.523. The summed E-state index contributed by atoms with van der Waals surface area (Å²) in [7, 11) is 0. The van der Waals surface area contributed by atoms with Gasteiger partial charge in [0.05, 0.1) is 20.6 Å². The Bertz CT molecular complexity index is 1400. The molecule has 0 aliphatic rings. The first-order valence-corrected chi connectivity index (χ1v) is 10.3. The van der Waals surface area contributed by atoms with Crippen LogP contribution in [0, 0.1) is 0 Å². The molecule has 1 atom stereocenters. The molecule has 0 fully saturated rings. The van der Waals surface area contributed by atoms with Gasteiger partial charge in [-0.05, 0) is 12.1 Å². The van der Waals surface area contributed by atoms with E-state index in [1.807, 2.05) is 0 Å². The topological polar surface area (TPSA) is 85.7 Å². The monoisotopic (exact) mass is 560 g/mol. The Morgan fingerprint density at radius 3 is 2.34 bits per heavy atom. The molecule has 186 valence electrons. The molecule has 4 aromatic rings. The number of ether oxygens (including phenoxy) is 1. The number of imidazole rings is 1. The summed E-state index contributed by atoms with van der Waals surface area (Å²) in [6.45, 7) is -1.11. The maximum Gasteiger partial charge on any atom is 0.417 e. The highest BCUT2D eigenvalue weighted by molar-refractivity contribution is 6.36. The first-order chi connectivity index (χ1) is 16.2. The Morgan fingerprint density at radius 1 is 0.971 bits per heavy atom. The highest BCUT2D eigenvalue weighted by Gasteiger charge is 2.39. The van der Waals surface area contributed by atoms with Gasteiger partial charge in [-0.25, -0.2) is 4.98 Å². The van der Waals surface area contributed by atoms with Crippen molar-refractivity contribution in [1.82, 2.24) is 19.5 Å². The number of aromatic nitrogens is 4. The maximum absolute atomic E-state index is 13.0. The van der Waals surface area contributed by atoms with E-state index in [9.17, 15) is 26.3 Å². The predicted molar refractivity (Wildman–Crippen MR) is 112 cm³/mol. The van der Waals surface area contributed by atoms with Crippen LogP contribution in [-0.2, 0) is 6.18 Å². The Labute approximate surface area is 205 Å². The molecule has 7 nitrogen and oxygen atoms in total. The fourth-order valence-corrected chi connectivity index (χ4v) is 3.54. The summed E-state index contributed by atoms with van der Waals surface area (Å²) in [6.07, 6.45) is -10.3. The van der Waals surface area contributed by atoms with Crippen molar-refractivity contribution in [3.63, 3.8) is 0 Å². The van der Waals surface area contributed by atoms with Crippen LogP contribution in [0.5, 0.6) is 5.75 Å². The summed E-state index contributed by atoms with van der Waals surface area (Å²) >= 11 is 18.1. The fourth-order valence-electron chi connectivity index (χ4n) is 2.83. The Morgan fingerprint density at radius 2 is 1.69 bits per heavy atom. The zero-order valence-corrected chi connectivity index (χ0v) is 18.9. The van der Waals surface area contributed by atoms with Gasteiger partial charge in [0.2, 0.25) is 5.82 Å². The van der Waals surface area contributed by atoms with Gasteiger partial charge in [0.1, 0.15) is 18.1 Å². The first kappa shape index (κ1) is 25.4. The number of hydrogen-bond donors (Lipinski definition) is 1. The van der Waals surface area contributed by atoms with Crippen molar-refractivity contribution >= 4 is 40.4 Å². The second kappa shape index (κ2) is 9.04. The molecule has 16 heteroatoms. The molecular formula is C19H9Cl3F6N4O3. The molecular weight excluding hydrogens is 553 g/mol. The zero-order chi connectivity index (χ0) is 25.7. The molecule has 0 aliphatic heterocycles. The highest BCUT2D eigenvalue weighted by atomic mass is 35.5. The number of nitrogens with zero attached hydrogens (tertiary/aromatic N) is 4. The number of aliphatic hydroxyl groups is 1. The molecule has 0 aliphatic carbocycles. The second-order valence-corrected chi connectivity index (χ2v) is 8.21. The van der Waals surface area contributed by atoms with E-state index in [2.05, 4.69) is 15.1 Å². The van der Waals surface area contributed by atoms with E-state index in [0.29, 0.717) is 0 Å². The normalized spacial score (nSPS) is 13.4. The zero-order valence-electron chi connectivity index (χ0n) is 16.6. The number of aliphatic hydroxyl groups excluding tert-OH is 1. The maximum atomic E-state index is 13.0. The molecule has 0 radical (unpaired) electrons. The minimum absolute atomic E-state index is 0.00767. The molecule has 0 spiro atoms. The molecule has 0 bridgehead atoms. The highest BCUT2D eigenvalue weighted by Crippen LogP contribution is 2.37. The van der Waals surface area contributed by atoms with E-state index in [-0.39, 0.29) is 49.4 Å². The van der Waals surface area contributed by atoms with Gasteiger partial charge in [-0.1, -0.05) is 40.0 Å². The van der Waals surface area contributed by atoms with Crippen molar-refractivity contribution in [2.75, 3.05) is 6.61 Å². The van der Waals surface area contributed by atoms with Crippen molar-refractivity contribution < 1.29 is 40.7 Å². The quantitative estimate of drug-likeness (QED) is 0.287. The van der Waals surface area contributed by atoms with Crippen LogP contribution in [0.25, 0.3) is 28.6 Å². The predicted octanol–water partition coefficient (Wildman–Crippen LogP) is 6.33. The summed E-state index contributed by atoms with van der Waals surface area (Å²) in [6, 6.07) is 3.03. The van der Waals surface area contributed by atoms with E-state index in [4.69, 9.17) is 49.2 Å². The van der Waals surface area contributed by atoms with Crippen LogP contribution in [-0.4, -0.2) is 43.5 Å². The van der Waals surface area contributed by atoms with Crippen LogP contribution >= 0.6 is 34.8 Å². The van der Waals surface area contributed by atoms with E-state index >= 15 is 0 Å². The Hall–Kier alpha value is -2.74. The van der Waals surface area contributed by atoms with E-state index in [0.717, 1.165) is 22.7 Å². The van der Waals surface area contributed by atoms with Gasteiger partial charge in [-0.2, -0.15) is 31.3 Å². The van der Waals surface area contributed by atoms with Gasteiger partial charge < -0.3 is 18.8 Å². The molecule has 1 N–H and O–H groups in total. The lowest BCUT2D eigenvalue weighted by molar-refractivity contribution is -0.210. The molecule has 1 aromatic carbocycles. The van der Waals surface area contributed by atoms with Crippen molar-refractivity contribution in [1.29, 1.82) is 0 Å². The lowest BCUT2D eigenvalue weighted by Gasteiger charge is -2.16. The Kier molecular flexibility index (Phi) is 6.55. The van der Waals surface area contributed by atoms with Crippen LogP contribution in [0.2, 0.25) is 15.1 Å². The van der Waals surface area contributed by atoms with Gasteiger partial charge in [0.15, 0.2) is 11.8 Å². The number of fused-ring (bicyclic) bond motifs is 1. The minimum Gasteiger partial charge on any atom is -0.489 e. The molecule has 3 aromatic heterocycles. The average Bonchev–Trinajstić information content (AvgIpc) is 3.39. The lowest BCUT2D eigenvalue weighted by atomic mass is 10.2. The number of halogens is 9. The largest absolute Gasteiger partial charge is 0.489 e. The SMILES string of the molecule is OC(COc1cc(Cl)c(-c2noc(-c3cn4cc(C(F)(F)F)cc(Cl)c4n3)n2)cc1Cl)C(F)(F)F. The van der Waals surface area contributed by atoms with E-state index in [1.165, 1.54) is 12.3 Å². The number of hydrogen-bond acceptors (Lipinski definition) is 6.